The van der Waals surface area contributed by atoms with Gasteiger partial charge in [-0.25, -0.2) is 0 Å². The molecular weight excluding hydrogens is 441 g/mol. The third-order valence-electron chi connectivity index (χ3n) is 5.43. The number of nitrogens with zero attached hydrogens (tertiary/aromatic N) is 2. The van der Waals surface area contributed by atoms with E-state index >= 15 is 0 Å². The summed E-state index contributed by atoms with van der Waals surface area (Å²) in [7, 11) is 1.72. The number of aliphatic imine (C=N–C) groups is 1. The molecular formula is C20H40IN3O2. The van der Waals surface area contributed by atoms with Crippen LogP contribution in [0.15, 0.2) is 4.99 Å². The molecule has 5 nitrogen and oxygen atoms in total. The van der Waals surface area contributed by atoms with Crippen LogP contribution >= 0.6 is 24.0 Å². The topological polar surface area (TPSA) is 46.1 Å². The van der Waals surface area contributed by atoms with Gasteiger partial charge < -0.3 is 19.7 Å². The van der Waals surface area contributed by atoms with Crippen molar-refractivity contribution in [3.63, 3.8) is 0 Å². The maximum Gasteiger partial charge on any atom is 0.193 e. The molecule has 0 aromatic carbocycles. The van der Waals surface area contributed by atoms with Gasteiger partial charge in [0.25, 0.3) is 0 Å². The minimum absolute atomic E-state index is 0. The lowest BCUT2D eigenvalue weighted by atomic mass is 9.91. The van der Waals surface area contributed by atoms with Gasteiger partial charge in [0.15, 0.2) is 5.96 Å². The first-order valence-corrected chi connectivity index (χ1v) is 10.4. The molecule has 154 valence electrons. The Hall–Kier alpha value is -0.0800. The summed E-state index contributed by atoms with van der Waals surface area (Å²) in [5.74, 6) is 2.51. The van der Waals surface area contributed by atoms with E-state index in [4.69, 9.17) is 14.5 Å². The summed E-state index contributed by atoms with van der Waals surface area (Å²) >= 11 is 0. The predicted molar refractivity (Wildman–Crippen MR) is 120 cm³/mol. The lowest BCUT2D eigenvalue weighted by molar-refractivity contribution is 0.0536. The van der Waals surface area contributed by atoms with Gasteiger partial charge in [-0.05, 0) is 32.1 Å². The summed E-state index contributed by atoms with van der Waals surface area (Å²) in [6, 6.07) is 0. The maximum absolute atomic E-state index is 5.71. The monoisotopic (exact) mass is 481 g/mol. The molecule has 0 amide bonds. The molecule has 0 bridgehead atoms. The largest absolute Gasteiger partial charge is 0.382 e. The van der Waals surface area contributed by atoms with E-state index in [1.54, 1.807) is 7.11 Å². The molecule has 0 aromatic rings. The zero-order chi connectivity index (χ0) is 17.7. The van der Waals surface area contributed by atoms with Crippen LogP contribution in [0.25, 0.3) is 0 Å². The van der Waals surface area contributed by atoms with Crippen molar-refractivity contribution >= 4 is 29.9 Å². The predicted octanol–water partition coefficient (Wildman–Crippen LogP) is 3.92. The first-order chi connectivity index (χ1) is 12.3. The molecule has 2 rings (SSSR count). The van der Waals surface area contributed by atoms with Gasteiger partial charge in [0, 0.05) is 39.2 Å². The normalized spacial score (nSPS) is 22.6. The van der Waals surface area contributed by atoms with Gasteiger partial charge in [0.1, 0.15) is 0 Å². The molecule has 0 aromatic heterocycles. The Labute approximate surface area is 177 Å². The van der Waals surface area contributed by atoms with E-state index in [1.165, 1.54) is 51.4 Å². The molecule has 1 aliphatic heterocycles. The fourth-order valence-electron chi connectivity index (χ4n) is 3.92. The van der Waals surface area contributed by atoms with Gasteiger partial charge in [-0.15, -0.1) is 24.0 Å². The molecule has 1 atom stereocenters. The number of halogens is 1. The summed E-state index contributed by atoms with van der Waals surface area (Å²) in [6.07, 6.45) is 11.0. The summed E-state index contributed by atoms with van der Waals surface area (Å²) in [5.41, 5.74) is 0. The molecule has 1 heterocycles. The highest BCUT2D eigenvalue weighted by molar-refractivity contribution is 14.0. The standard InChI is InChI=1S/C20H39N3O2.HI/c1-3-21-20(22-15-18-9-7-5-4-6-8-10-18)23-12-11-19(16-23)17-25-14-13-24-2;/h18-19H,3-17H2,1-2H3,(H,21,22);1H. The highest BCUT2D eigenvalue weighted by Crippen LogP contribution is 2.23. The molecule has 1 aliphatic carbocycles. The summed E-state index contributed by atoms with van der Waals surface area (Å²) in [4.78, 5) is 7.43. The molecule has 2 aliphatic rings. The van der Waals surface area contributed by atoms with Crippen LogP contribution in [0.3, 0.4) is 0 Å². The van der Waals surface area contributed by atoms with Gasteiger partial charge in [0.2, 0.25) is 0 Å². The van der Waals surface area contributed by atoms with Gasteiger partial charge in [-0.3, -0.25) is 4.99 Å². The van der Waals surface area contributed by atoms with E-state index < -0.39 is 0 Å². The third kappa shape index (κ3) is 9.22. The number of ether oxygens (including phenoxy) is 2. The summed E-state index contributed by atoms with van der Waals surface area (Å²) in [5, 5.41) is 3.50. The Morgan fingerprint density at radius 2 is 1.77 bits per heavy atom. The number of likely N-dealkylation sites (tertiary alicyclic amines) is 1. The van der Waals surface area contributed by atoms with E-state index in [0.717, 1.165) is 44.7 Å². The van der Waals surface area contributed by atoms with Crippen LogP contribution in [0.5, 0.6) is 0 Å². The van der Waals surface area contributed by atoms with Crippen molar-refractivity contribution in [2.24, 2.45) is 16.8 Å². The first-order valence-electron chi connectivity index (χ1n) is 10.4. The van der Waals surface area contributed by atoms with E-state index in [1.807, 2.05) is 0 Å². The van der Waals surface area contributed by atoms with Crippen LogP contribution in [-0.2, 0) is 9.47 Å². The fraction of sp³-hybridized carbons (Fsp3) is 0.950. The Morgan fingerprint density at radius 3 is 2.46 bits per heavy atom. The Kier molecular flexibility index (Phi) is 13.7. The molecule has 1 saturated carbocycles. The minimum atomic E-state index is 0. The molecule has 1 N–H and O–H groups in total. The van der Waals surface area contributed by atoms with Crippen molar-refractivity contribution in [1.29, 1.82) is 0 Å². The Morgan fingerprint density at radius 1 is 1.04 bits per heavy atom. The summed E-state index contributed by atoms with van der Waals surface area (Å²) < 4.78 is 10.8. The SMILES string of the molecule is CCNC(=NCC1CCCCCCC1)N1CCC(COCCOC)C1.I. The molecule has 1 unspecified atom stereocenters. The van der Waals surface area contributed by atoms with E-state index in [-0.39, 0.29) is 24.0 Å². The molecule has 26 heavy (non-hydrogen) atoms. The molecule has 1 saturated heterocycles. The molecule has 2 fully saturated rings. The van der Waals surface area contributed by atoms with Crippen molar-refractivity contribution in [2.75, 3.05) is 53.1 Å². The van der Waals surface area contributed by atoms with Crippen LogP contribution in [0.2, 0.25) is 0 Å². The second kappa shape index (κ2) is 14.9. The van der Waals surface area contributed by atoms with Gasteiger partial charge >= 0.3 is 0 Å². The molecule has 6 heteroatoms. The second-order valence-electron chi connectivity index (χ2n) is 7.57. The third-order valence-corrected chi connectivity index (χ3v) is 5.43. The van der Waals surface area contributed by atoms with Crippen LogP contribution in [-0.4, -0.2) is 64.0 Å². The maximum atomic E-state index is 5.71. The number of rotatable bonds is 8. The van der Waals surface area contributed by atoms with E-state index in [0.29, 0.717) is 19.1 Å². The zero-order valence-electron chi connectivity index (χ0n) is 16.9. The number of guanidine groups is 1. The van der Waals surface area contributed by atoms with Crippen LogP contribution in [0, 0.1) is 11.8 Å². The van der Waals surface area contributed by atoms with Crippen molar-refractivity contribution < 1.29 is 9.47 Å². The highest BCUT2D eigenvalue weighted by atomic mass is 127. The lowest BCUT2D eigenvalue weighted by Crippen LogP contribution is -2.40. The fourth-order valence-corrected chi connectivity index (χ4v) is 3.92. The van der Waals surface area contributed by atoms with Crippen molar-refractivity contribution in [2.45, 2.75) is 58.3 Å². The van der Waals surface area contributed by atoms with Crippen LogP contribution in [0.1, 0.15) is 58.3 Å². The number of nitrogens with one attached hydrogen (secondary N) is 1. The van der Waals surface area contributed by atoms with Crippen molar-refractivity contribution in [1.82, 2.24) is 10.2 Å². The van der Waals surface area contributed by atoms with Crippen molar-refractivity contribution in [3.8, 4) is 0 Å². The zero-order valence-corrected chi connectivity index (χ0v) is 19.2. The number of hydrogen-bond acceptors (Lipinski definition) is 3. The van der Waals surface area contributed by atoms with Gasteiger partial charge in [0.05, 0.1) is 19.8 Å². The Balaban J connectivity index is 0.00000338. The lowest BCUT2D eigenvalue weighted by Gasteiger charge is -2.23. The van der Waals surface area contributed by atoms with Crippen molar-refractivity contribution in [3.05, 3.63) is 0 Å². The Bertz CT molecular complexity index is 374. The van der Waals surface area contributed by atoms with Gasteiger partial charge in [-0.2, -0.15) is 0 Å². The quantitative estimate of drug-likeness (QED) is 0.247. The highest BCUT2D eigenvalue weighted by Gasteiger charge is 2.25. The number of hydrogen-bond donors (Lipinski definition) is 1. The molecule has 0 radical (unpaired) electrons. The average molecular weight is 481 g/mol. The van der Waals surface area contributed by atoms with Crippen LogP contribution in [0.4, 0.5) is 0 Å². The number of methoxy groups -OCH3 is 1. The van der Waals surface area contributed by atoms with Crippen LogP contribution < -0.4 is 5.32 Å². The van der Waals surface area contributed by atoms with E-state index in [9.17, 15) is 0 Å². The minimum Gasteiger partial charge on any atom is -0.382 e. The summed E-state index contributed by atoms with van der Waals surface area (Å²) in [6.45, 7) is 8.46. The second-order valence-corrected chi connectivity index (χ2v) is 7.57. The van der Waals surface area contributed by atoms with Gasteiger partial charge in [-0.1, -0.05) is 32.1 Å². The average Bonchev–Trinajstić information content (AvgIpc) is 3.05. The smallest absolute Gasteiger partial charge is 0.193 e. The van der Waals surface area contributed by atoms with E-state index in [2.05, 4.69) is 17.1 Å². The molecule has 0 spiro atoms. The first kappa shape index (κ1) is 24.0.